The smallest absolute Gasteiger partial charge is 0.319 e. The summed E-state index contributed by atoms with van der Waals surface area (Å²) in [7, 11) is 0. The highest BCUT2D eigenvalue weighted by Gasteiger charge is 2.21. The first-order chi connectivity index (χ1) is 17.8. The second-order valence-electron chi connectivity index (χ2n) is 10.1. The van der Waals surface area contributed by atoms with Crippen molar-refractivity contribution in [3.05, 3.63) is 59.7 Å². The van der Waals surface area contributed by atoms with Gasteiger partial charge in [-0.2, -0.15) is 0 Å². The normalized spacial score (nSPS) is 17.4. The average molecular weight is 516 g/mol. The molecular formula is C29H42FN3O4. The van der Waals surface area contributed by atoms with Gasteiger partial charge in [-0.15, -0.1) is 0 Å². The van der Waals surface area contributed by atoms with E-state index in [9.17, 15) is 14.3 Å². The topological polar surface area (TPSA) is 83.1 Å². The molecule has 0 radical (unpaired) electrons. The average Bonchev–Trinajstić information content (AvgIpc) is 2.87. The maximum absolute atomic E-state index is 12.2. The molecule has 2 heterocycles. The lowest BCUT2D eigenvalue weighted by molar-refractivity contribution is 0.0784. The molecular weight excluding hydrogens is 473 g/mol. The molecule has 3 N–H and O–H groups in total. The lowest BCUT2D eigenvalue weighted by atomic mass is 9.97. The van der Waals surface area contributed by atoms with Crippen molar-refractivity contribution in [1.82, 2.24) is 10.2 Å². The molecule has 2 fully saturated rings. The van der Waals surface area contributed by atoms with Crippen molar-refractivity contribution in [3.8, 4) is 5.75 Å². The number of likely N-dealkylation sites (tertiary alicyclic amines) is 1. The van der Waals surface area contributed by atoms with Gasteiger partial charge >= 0.3 is 6.03 Å². The van der Waals surface area contributed by atoms with Gasteiger partial charge in [0.1, 0.15) is 11.9 Å². The van der Waals surface area contributed by atoms with Gasteiger partial charge < -0.3 is 25.2 Å². The Hall–Kier alpha value is -2.68. The number of hydrogen-bond donors (Lipinski definition) is 3. The molecule has 0 bridgehead atoms. The highest BCUT2D eigenvalue weighted by Crippen LogP contribution is 2.23. The van der Waals surface area contributed by atoms with E-state index in [0.29, 0.717) is 13.2 Å². The van der Waals surface area contributed by atoms with Gasteiger partial charge in [-0.1, -0.05) is 24.3 Å². The number of ether oxygens (including phenoxy) is 2. The molecule has 2 aliphatic heterocycles. The van der Waals surface area contributed by atoms with E-state index in [0.717, 1.165) is 62.3 Å². The highest BCUT2D eigenvalue weighted by molar-refractivity contribution is 5.89. The summed E-state index contributed by atoms with van der Waals surface area (Å²) in [5.74, 6) is 0.830. The maximum Gasteiger partial charge on any atom is 0.319 e. The van der Waals surface area contributed by atoms with Crippen LogP contribution in [0.1, 0.15) is 57.6 Å². The molecule has 0 atom stereocenters. The molecule has 4 rings (SSSR count). The molecule has 204 valence electrons. The van der Waals surface area contributed by atoms with E-state index in [1.165, 1.54) is 12.5 Å². The molecule has 37 heavy (non-hydrogen) atoms. The van der Waals surface area contributed by atoms with Crippen LogP contribution >= 0.6 is 0 Å². The zero-order chi connectivity index (χ0) is 26.7. The fraction of sp³-hybridized carbons (Fsp3) is 0.552. The van der Waals surface area contributed by atoms with E-state index >= 15 is 0 Å². The van der Waals surface area contributed by atoms with Crippen LogP contribution in [0.15, 0.2) is 48.5 Å². The number of piperidine rings is 1. The van der Waals surface area contributed by atoms with Gasteiger partial charge in [0, 0.05) is 44.6 Å². The molecule has 8 heteroatoms. The van der Waals surface area contributed by atoms with Crippen LogP contribution in [0.4, 0.5) is 14.9 Å². The highest BCUT2D eigenvalue weighted by atomic mass is 19.1. The minimum absolute atomic E-state index is 0.175. The molecule has 2 aromatic carbocycles. The van der Waals surface area contributed by atoms with Crippen LogP contribution in [0.2, 0.25) is 0 Å². The van der Waals surface area contributed by atoms with Crippen molar-refractivity contribution in [1.29, 1.82) is 0 Å². The standard InChI is InChI=1S/C27H37N3O4.C2H5F/c1-27(2,32)21-5-3-20(4-6-21)19-30-15-11-25(12-16-30)34-24-9-7-22(8-10-24)28-26(31)29-23-13-17-33-18-14-23;1-2-3/h3-10,23,25,32H,11-19H2,1-2H3,(H2,28,29,31);2H2,1H3. The van der Waals surface area contributed by atoms with E-state index < -0.39 is 5.60 Å². The predicted molar refractivity (Wildman–Crippen MR) is 145 cm³/mol. The number of anilines is 1. The van der Waals surface area contributed by atoms with Crippen LogP contribution in [-0.4, -0.2) is 61.2 Å². The Bertz CT molecular complexity index is 933. The second kappa shape index (κ2) is 14.3. The van der Waals surface area contributed by atoms with E-state index in [4.69, 9.17) is 9.47 Å². The summed E-state index contributed by atoms with van der Waals surface area (Å²) < 4.78 is 21.8. The van der Waals surface area contributed by atoms with Crippen LogP contribution in [0.25, 0.3) is 0 Å². The van der Waals surface area contributed by atoms with Crippen molar-refractivity contribution >= 4 is 11.7 Å². The van der Waals surface area contributed by atoms with Gasteiger partial charge in [0.15, 0.2) is 0 Å². The lowest BCUT2D eigenvalue weighted by Gasteiger charge is -2.32. The number of carbonyl (C=O) groups excluding carboxylic acids is 1. The Morgan fingerprint density at radius 3 is 2.22 bits per heavy atom. The third-order valence-corrected chi connectivity index (χ3v) is 6.57. The van der Waals surface area contributed by atoms with Gasteiger partial charge in [-0.25, -0.2) is 4.79 Å². The van der Waals surface area contributed by atoms with Crippen molar-refractivity contribution in [2.75, 3.05) is 38.3 Å². The maximum atomic E-state index is 12.2. The van der Waals surface area contributed by atoms with Crippen molar-refractivity contribution in [2.24, 2.45) is 0 Å². The SMILES string of the molecule is CC(C)(O)c1ccc(CN2CCC(Oc3ccc(NC(=O)NC4CCOCC4)cc3)CC2)cc1.CCF. The van der Waals surface area contributed by atoms with Gasteiger partial charge in [-0.05, 0) is 81.8 Å². The molecule has 0 aliphatic carbocycles. The Labute approximate surface area is 220 Å². The minimum Gasteiger partial charge on any atom is -0.490 e. The van der Waals surface area contributed by atoms with E-state index in [1.807, 2.05) is 50.2 Å². The Morgan fingerprint density at radius 1 is 1.05 bits per heavy atom. The van der Waals surface area contributed by atoms with Gasteiger partial charge in [0.25, 0.3) is 0 Å². The van der Waals surface area contributed by atoms with Gasteiger partial charge in [-0.3, -0.25) is 9.29 Å². The third kappa shape index (κ3) is 9.95. The summed E-state index contributed by atoms with van der Waals surface area (Å²) in [6.07, 6.45) is 3.87. The van der Waals surface area contributed by atoms with Gasteiger partial charge in [0.05, 0.1) is 12.3 Å². The van der Waals surface area contributed by atoms with Crippen LogP contribution in [-0.2, 0) is 16.9 Å². The Kier molecular flexibility index (Phi) is 11.2. The number of hydrogen-bond acceptors (Lipinski definition) is 5. The molecule has 0 saturated carbocycles. The van der Waals surface area contributed by atoms with Crippen LogP contribution in [0, 0.1) is 0 Å². The molecule has 7 nitrogen and oxygen atoms in total. The van der Waals surface area contributed by atoms with Crippen molar-refractivity contribution in [2.45, 2.75) is 70.7 Å². The number of benzene rings is 2. The number of nitrogens with zero attached hydrogens (tertiary/aromatic N) is 1. The second-order valence-corrected chi connectivity index (χ2v) is 10.1. The number of nitrogens with one attached hydrogen (secondary N) is 2. The number of rotatable bonds is 7. The van der Waals surface area contributed by atoms with E-state index in [2.05, 4.69) is 27.7 Å². The Morgan fingerprint density at radius 2 is 1.65 bits per heavy atom. The molecule has 2 aliphatic rings. The monoisotopic (exact) mass is 515 g/mol. The fourth-order valence-corrected chi connectivity index (χ4v) is 4.47. The fourth-order valence-electron chi connectivity index (χ4n) is 4.47. The van der Waals surface area contributed by atoms with Crippen LogP contribution in [0.5, 0.6) is 5.75 Å². The molecule has 0 unspecified atom stereocenters. The predicted octanol–water partition coefficient (Wildman–Crippen LogP) is 5.23. The largest absolute Gasteiger partial charge is 0.490 e. The van der Waals surface area contributed by atoms with Gasteiger partial charge in [0.2, 0.25) is 0 Å². The van der Waals surface area contributed by atoms with Crippen molar-refractivity contribution in [3.63, 3.8) is 0 Å². The first kappa shape index (κ1) is 28.9. The summed E-state index contributed by atoms with van der Waals surface area (Å²) >= 11 is 0. The quantitative estimate of drug-likeness (QED) is 0.470. The number of aliphatic hydroxyl groups is 1. The molecule has 2 saturated heterocycles. The van der Waals surface area contributed by atoms with Crippen LogP contribution < -0.4 is 15.4 Å². The minimum atomic E-state index is -0.806. The lowest BCUT2D eigenvalue weighted by Crippen LogP contribution is -2.41. The summed E-state index contributed by atoms with van der Waals surface area (Å²) in [6, 6.07) is 15.8. The molecule has 2 aromatic rings. The number of amides is 2. The zero-order valence-electron chi connectivity index (χ0n) is 22.3. The molecule has 0 aromatic heterocycles. The van der Waals surface area contributed by atoms with Crippen LogP contribution in [0.3, 0.4) is 0 Å². The third-order valence-electron chi connectivity index (χ3n) is 6.57. The zero-order valence-corrected chi connectivity index (χ0v) is 22.3. The first-order valence-electron chi connectivity index (χ1n) is 13.3. The van der Waals surface area contributed by atoms with E-state index in [1.54, 1.807) is 0 Å². The summed E-state index contributed by atoms with van der Waals surface area (Å²) in [6.45, 7) is 9.12. The first-order valence-corrected chi connectivity index (χ1v) is 13.3. The number of halogens is 1. The molecule has 2 amide bonds. The van der Waals surface area contributed by atoms with Crippen molar-refractivity contribution < 1.29 is 23.8 Å². The summed E-state index contributed by atoms with van der Waals surface area (Å²) in [4.78, 5) is 14.6. The number of urea groups is 1. The number of alkyl halides is 1. The summed E-state index contributed by atoms with van der Waals surface area (Å²) in [5, 5.41) is 16.0. The summed E-state index contributed by atoms with van der Waals surface area (Å²) in [5.41, 5.74) is 2.14. The molecule has 0 spiro atoms. The van der Waals surface area contributed by atoms with E-state index in [-0.39, 0.29) is 24.9 Å². The number of carbonyl (C=O) groups is 1. The Balaban J connectivity index is 0.00000121.